The van der Waals surface area contributed by atoms with E-state index in [4.69, 9.17) is 4.74 Å². The van der Waals surface area contributed by atoms with Gasteiger partial charge in [0.15, 0.2) is 0 Å². The smallest absolute Gasteiger partial charge is 0.410 e. The molecule has 1 aliphatic rings. The Kier molecular flexibility index (Phi) is 5.17. The van der Waals surface area contributed by atoms with E-state index in [1.54, 1.807) is 24.3 Å². The second kappa shape index (κ2) is 7.69. The third-order valence-corrected chi connectivity index (χ3v) is 4.15. The van der Waals surface area contributed by atoms with E-state index in [-0.39, 0.29) is 11.8 Å². The van der Waals surface area contributed by atoms with E-state index in [0.29, 0.717) is 24.4 Å². The molecule has 1 heterocycles. The molecule has 0 aliphatic carbocycles. The van der Waals surface area contributed by atoms with Gasteiger partial charge in [0.1, 0.15) is 11.8 Å². The van der Waals surface area contributed by atoms with Crippen LogP contribution in [0.25, 0.3) is 0 Å². The lowest BCUT2D eigenvalue weighted by atomic mass is 10.1. The van der Waals surface area contributed by atoms with Gasteiger partial charge in [-0.25, -0.2) is 4.79 Å². The zero-order valence-corrected chi connectivity index (χ0v) is 14.3. The molecule has 1 atom stereocenters. The summed E-state index contributed by atoms with van der Waals surface area (Å²) in [6.45, 7) is 0.857. The number of likely N-dealkylation sites (N-methyl/N-ethyl adjacent to an activating group) is 1. The molecule has 1 fully saturated rings. The second-order valence-electron chi connectivity index (χ2n) is 5.93. The highest BCUT2D eigenvalue weighted by Gasteiger charge is 2.35. The van der Waals surface area contributed by atoms with Crippen LogP contribution in [0.3, 0.4) is 0 Å². The van der Waals surface area contributed by atoms with Crippen LogP contribution in [-0.2, 0) is 11.3 Å². The van der Waals surface area contributed by atoms with Gasteiger partial charge in [-0.05, 0) is 29.8 Å². The van der Waals surface area contributed by atoms with E-state index in [1.165, 1.54) is 11.9 Å². The Morgan fingerprint density at radius 3 is 2.42 bits per heavy atom. The number of carbonyl (C=O) groups is 3. The lowest BCUT2D eigenvalue weighted by Gasteiger charge is -2.33. The molecule has 0 unspecified atom stereocenters. The highest BCUT2D eigenvalue weighted by Crippen LogP contribution is 2.15. The highest BCUT2D eigenvalue weighted by atomic mass is 16.6. The number of nitrogens with one attached hydrogen (secondary N) is 2. The Bertz CT molecular complexity index is 805. The van der Waals surface area contributed by atoms with E-state index >= 15 is 0 Å². The average molecular weight is 353 g/mol. The number of rotatable bonds is 5. The first-order valence-corrected chi connectivity index (χ1v) is 8.19. The Balaban J connectivity index is 1.53. The van der Waals surface area contributed by atoms with Gasteiger partial charge in [0.05, 0.1) is 0 Å². The number of nitrogens with zero attached hydrogens (tertiary/aromatic N) is 1. The number of hydrogen-bond donors (Lipinski definition) is 2. The minimum Gasteiger partial charge on any atom is -0.410 e. The van der Waals surface area contributed by atoms with E-state index in [0.717, 1.165) is 5.56 Å². The average Bonchev–Trinajstić information content (AvgIpc) is 2.66. The van der Waals surface area contributed by atoms with Crippen LogP contribution in [0.15, 0.2) is 54.6 Å². The number of amides is 3. The summed E-state index contributed by atoms with van der Waals surface area (Å²) in [6.07, 6.45) is -0.619. The van der Waals surface area contributed by atoms with Crippen LogP contribution in [0.4, 0.5) is 4.79 Å². The first-order valence-electron chi connectivity index (χ1n) is 8.19. The topological polar surface area (TPSA) is 87.7 Å². The molecule has 3 amide bonds. The molecule has 2 N–H and O–H groups in total. The normalized spacial score (nSPS) is 15.4. The van der Waals surface area contributed by atoms with E-state index in [9.17, 15) is 14.4 Å². The number of ether oxygens (including phenoxy) is 1. The molecular formula is C19H19N3O4. The molecule has 1 aliphatic heterocycles. The van der Waals surface area contributed by atoms with E-state index < -0.39 is 12.1 Å². The van der Waals surface area contributed by atoms with Gasteiger partial charge in [-0.3, -0.25) is 14.5 Å². The SMILES string of the molecule is CN(C(=O)Oc1ccc(C(=O)NCc2ccccc2)cc1)[C@H]1CNC1=O. The van der Waals surface area contributed by atoms with Gasteiger partial charge in [0.25, 0.3) is 5.91 Å². The molecule has 7 nitrogen and oxygen atoms in total. The van der Waals surface area contributed by atoms with Crippen LogP contribution in [0.1, 0.15) is 15.9 Å². The molecule has 3 rings (SSSR count). The van der Waals surface area contributed by atoms with Crippen molar-refractivity contribution < 1.29 is 19.1 Å². The molecule has 0 radical (unpaired) electrons. The van der Waals surface area contributed by atoms with Crippen LogP contribution < -0.4 is 15.4 Å². The molecular weight excluding hydrogens is 334 g/mol. The molecule has 2 aromatic rings. The summed E-state index contributed by atoms with van der Waals surface area (Å²) >= 11 is 0. The number of carbonyl (C=O) groups excluding carboxylic acids is 3. The predicted molar refractivity (Wildman–Crippen MR) is 94.6 cm³/mol. The van der Waals surface area contributed by atoms with Crippen molar-refractivity contribution in [1.29, 1.82) is 0 Å². The number of benzene rings is 2. The molecule has 7 heteroatoms. The molecule has 1 saturated heterocycles. The third-order valence-electron chi connectivity index (χ3n) is 4.15. The minimum absolute atomic E-state index is 0.199. The Hall–Kier alpha value is -3.35. The largest absolute Gasteiger partial charge is 0.415 e. The van der Waals surface area contributed by atoms with Gasteiger partial charge in [0, 0.05) is 25.7 Å². The maximum Gasteiger partial charge on any atom is 0.415 e. The first kappa shape index (κ1) is 17.5. The van der Waals surface area contributed by atoms with Crippen LogP contribution in [0.5, 0.6) is 5.75 Å². The molecule has 0 bridgehead atoms. The van der Waals surface area contributed by atoms with Crippen LogP contribution in [-0.4, -0.2) is 42.4 Å². The van der Waals surface area contributed by atoms with Crippen molar-refractivity contribution in [3.8, 4) is 5.75 Å². The van der Waals surface area contributed by atoms with Crippen LogP contribution >= 0.6 is 0 Å². The summed E-state index contributed by atoms with van der Waals surface area (Å²) in [5, 5.41) is 5.40. The molecule has 0 spiro atoms. The summed E-state index contributed by atoms with van der Waals surface area (Å²) in [5.74, 6) is -0.105. The summed E-state index contributed by atoms with van der Waals surface area (Å²) in [5.41, 5.74) is 1.47. The summed E-state index contributed by atoms with van der Waals surface area (Å²) in [7, 11) is 1.51. The van der Waals surface area contributed by atoms with Gasteiger partial charge >= 0.3 is 6.09 Å². The van der Waals surface area contributed by atoms with Crippen molar-refractivity contribution in [1.82, 2.24) is 15.5 Å². The predicted octanol–water partition coefficient (Wildman–Crippen LogP) is 1.55. The van der Waals surface area contributed by atoms with Crippen molar-refractivity contribution in [3.63, 3.8) is 0 Å². The molecule has 2 aromatic carbocycles. The van der Waals surface area contributed by atoms with Crippen molar-refractivity contribution in [3.05, 3.63) is 65.7 Å². The Morgan fingerprint density at radius 2 is 1.85 bits per heavy atom. The monoisotopic (exact) mass is 353 g/mol. The van der Waals surface area contributed by atoms with Gasteiger partial charge < -0.3 is 15.4 Å². The third kappa shape index (κ3) is 4.00. The van der Waals surface area contributed by atoms with E-state index in [1.807, 2.05) is 30.3 Å². The first-order chi connectivity index (χ1) is 12.5. The molecule has 0 aromatic heterocycles. The quantitative estimate of drug-likeness (QED) is 0.799. The number of β-lactam (4-membered cyclic amide) rings is 1. The maximum absolute atomic E-state index is 12.2. The number of hydrogen-bond acceptors (Lipinski definition) is 4. The van der Waals surface area contributed by atoms with Crippen molar-refractivity contribution in [2.75, 3.05) is 13.6 Å². The second-order valence-corrected chi connectivity index (χ2v) is 5.93. The zero-order chi connectivity index (χ0) is 18.5. The fourth-order valence-corrected chi connectivity index (χ4v) is 2.44. The molecule has 0 saturated carbocycles. The summed E-state index contributed by atoms with van der Waals surface area (Å²) in [6, 6.07) is 15.4. The van der Waals surface area contributed by atoms with Gasteiger partial charge in [-0.15, -0.1) is 0 Å². The molecule has 134 valence electrons. The van der Waals surface area contributed by atoms with Gasteiger partial charge in [-0.1, -0.05) is 30.3 Å². The van der Waals surface area contributed by atoms with Crippen molar-refractivity contribution in [2.24, 2.45) is 0 Å². The maximum atomic E-state index is 12.2. The lowest BCUT2D eigenvalue weighted by Crippen LogP contribution is -2.62. The van der Waals surface area contributed by atoms with E-state index in [2.05, 4.69) is 10.6 Å². The summed E-state index contributed by atoms with van der Waals surface area (Å²) in [4.78, 5) is 36.7. The van der Waals surface area contributed by atoms with Gasteiger partial charge in [0.2, 0.25) is 5.91 Å². The minimum atomic E-state index is -0.619. The van der Waals surface area contributed by atoms with Crippen molar-refractivity contribution >= 4 is 17.9 Å². The van der Waals surface area contributed by atoms with Crippen LogP contribution in [0, 0.1) is 0 Å². The lowest BCUT2D eigenvalue weighted by molar-refractivity contribution is -0.131. The summed E-state index contributed by atoms with van der Waals surface area (Å²) < 4.78 is 5.22. The zero-order valence-electron chi connectivity index (χ0n) is 14.3. The standard InChI is InChI=1S/C19H19N3O4/c1-22(16-12-21-18(16)24)19(25)26-15-9-7-14(8-10-15)17(23)20-11-13-5-3-2-4-6-13/h2-10,16H,11-12H2,1H3,(H,20,23)(H,21,24)/t16-/m0/s1. The van der Waals surface area contributed by atoms with Gasteiger partial charge in [-0.2, -0.15) is 0 Å². The van der Waals surface area contributed by atoms with Crippen molar-refractivity contribution in [2.45, 2.75) is 12.6 Å². The van der Waals surface area contributed by atoms with Crippen LogP contribution in [0.2, 0.25) is 0 Å². The Morgan fingerprint density at radius 1 is 1.15 bits per heavy atom. The fraction of sp³-hybridized carbons (Fsp3) is 0.211. The highest BCUT2D eigenvalue weighted by molar-refractivity contribution is 5.94. The Labute approximate surface area is 150 Å². The molecule has 26 heavy (non-hydrogen) atoms. The fourth-order valence-electron chi connectivity index (χ4n) is 2.44.